The minimum atomic E-state index is -0.696. The number of likely N-dealkylation sites (N-methyl/N-ethyl adjacent to an activating group) is 1. The molecule has 2 atom stereocenters. The molecule has 0 bridgehead atoms. The highest BCUT2D eigenvalue weighted by Gasteiger charge is 2.33. The Bertz CT molecular complexity index is 243. The molecule has 0 radical (unpaired) electrons. The number of ether oxygens (including phenoxy) is 2. The number of carbonyl (C=O) groups excluding carboxylic acids is 1. The molecule has 5 nitrogen and oxygen atoms in total. The molecule has 0 aromatic rings. The lowest BCUT2D eigenvalue weighted by Gasteiger charge is -2.34. The van der Waals surface area contributed by atoms with Crippen LogP contribution in [0.5, 0.6) is 0 Å². The van der Waals surface area contributed by atoms with Gasteiger partial charge in [-0.05, 0) is 20.4 Å². The Morgan fingerprint density at radius 2 is 2.31 bits per heavy atom. The van der Waals surface area contributed by atoms with Gasteiger partial charge in [0, 0.05) is 6.42 Å². The SMILES string of the molecule is CCNC(C)(CC(C)OC1COC1)C(N)=O. The molecule has 0 saturated carbocycles. The fourth-order valence-electron chi connectivity index (χ4n) is 1.89. The number of nitrogens with two attached hydrogens (primary N) is 1. The first-order valence-corrected chi connectivity index (χ1v) is 5.76. The van der Waals surface area contributed by atoms with Crippen LogP contribution in [0.15, 0.2) is 0 Å². The molecule has 0 spiro atoms. The van der Waals surface area contributed by atoms with Crippen LogP contribution in [0.2, 0.25) is 0 Å². The second-order valence-electron chi connectivity index (χ2n) is 4.54. The molecular formula is C11H22N2O3. The largest absolute Gasteiger partial charge is 0.376 e. The van der Waals surface area contributed by atoms with Gasteiger partial charge in [0.25, 0.3) is 0 Å². The van der Waals surface area contributed by atoms with Crippen LogP contribution in [0.4, 0.5) is 0 Å². The van der Waals surface area contributed by atoms with Crippen LogP contribution in [-0.2, 0) is 14.3 Å². The molecule has 1 fully saturated rings. The highest BCUT2D eigenvalue weighted by Crippen LogP contribution is 2.17. The predicted molar refractivity (Wildman–Crippen MR) is 61.0 cm³/mol. The van der Waals surface area contributed by atoms with E-state index in [1.807, 2.05) is 20.8 Å². The molecule has 3 N–H and O–H groups in total. The number of amides is 1. The molecule has 1 aliphatic heterocycles. The quantitative estimate of drug-likeness (QED) is 0.647. The highest BCUT2D eigenvalue weighted by molar-refractivity contribution is 5.84. The van der Waals surface area contributed by atoms with Crippen molar-refractivity contribution in [2.75, 3.05) is 19.8 Å². The molecule has 1 heterocycles. The lowest BCUT2D eigenvalue weighted by Crippen LogP contribution is -2.55. The Morgan fingerprint density at radius 3 is 2.69 bits per heavy atom. The van der Waals surface area contributed by atoms with Crippen molar-refractivity contribution >= 4 is 5.91 Å². The third-order valence-corrected chi connectivity index (χ3v) is 2.84. The molecule has 0 aromatic carbocycles. The number of rotatable bonds is 7. The average Bonchev–Trinajstić information content (AvgIpc) is 2.11. The second kappa shape index (κ2) is 5.61. The summed E-state index contributed by atoms with van der Waals surface area (Å²) in [5, 5.41) is 3.11. The fraction of sp³-hybridized carbons (Fsp3) is 0.909. The topological polar surface area (TPSA) is 73.6 Å². The van der Waals surface area contributed by atoms with Crippen molar-refractivity contribution in [1.29, 1.82) is 0 Å². The molecular weight excluding hydrogens is 208 g/mol. The second-order valence-corrected chi connectivity index (χ2v) is 4.54. The molecule has 2 unspecified atom stereocenters. The molecule has 0 aliphatic carbocycles. The number of primary amides is 1. The summed E-state index contributed by atoms with van der Waals surface area (Å²) in [5.74, 6) is -0.338. The highest BCUT2D eigenvalue weighted by atomic mass is 16.6. The number of hydrogen-bond acceptors (Lipinski definition) is 4. The van der Waals surface area contributed by atoms with Crippen molar-refractivity contribution in [3.05, 3.63) is 0 Å². The molecule has 1 saturated heterocycles. The summed E-state index contributed by atoms with van der Waals surface area (Å²) in [6.45, 7) is 7.73. The van der Waals surface area contributed by atoms with Crippen molar-refractivity contribution in [3.8, 4) is 0 Å². The third kappa shape index (κ3) is 3.43. The number of nitrogens with one attached hydrogen (secondary N) is 1. The standard InChI is InChI=1S/C11H22N2O3/c1-4-13-11(3,10(12)14)5-8(2)16-9-6-15-7-9/h8-9,13H,4-7H2,1-3H3,(H2,12,14). The van der Waals surface area contributed by atoms with Crippen LogP contribution in [0.25, 0.3) is 0 Å². The van der Waals surface area contributed by atoms with Gasteiger partial charge in [-0.2, -0.15) is 0 Å². The van der Waals surface area contributed by atoms with Crippen molar-refractivity contribution in [2.24, 2.45) is 5.73 Å². The Kier molecular flexibility index (Phi) is 4.70. The van der Waals surface area contributed by atoms with Crippen molar-refractivity contribution in [3.63, 3.8) is 0 Å². The first-order valence-electron chi connectivity index (χ1n) is 5.76. The van der Waals surface area contributed by atoms with E-state index in [1.54, 1.807) is 0 Å². The molecule has 16 heavy (non-hydrogen) atoms. The maximum atomic E-state index is 11.4. The van der Waals surface area contributed by atoms with E-state index >= 15 is 0 Å². The van der Waals surface area contributed by atoms with Crippen LogP contribution >= 0.6 is 0 Å². The molecule has 1 rings (SSSR count). The van der Waals surface area contributed by atoms with Gasteiger partial charge >= 0.3 is 0 Å². The maximum absolute atomic E-state index is 11.4. The van der Waals surface area contributed by atoms with E-state index in [-0.39, 0.29) is 18.1 Å². The van der Waals surface area contributed by atoms with Crippen LogP contribution in [-0.4, -0.2) is 43.4 Å². The minimum Gasteiger partial charge on any atom is -0.376 e. The van der Waals surface area contributed by atoms with Gasteiger partial charge in [-0.1, -0.05) is 6.92 Å². The zero-order valence-electron chi connectivity index (χ0n) is 10.3. The lowest BCUT2D eigenvalue weighted by atomic mass is 9.93. The summed E-state index contributed by atoms with van der Waals surface area (Å²) in [4.78, 5) is 11.4. The van der Waals surface area contributed by atoms with Gasteiger partial charge < -0.3 is 20.5 Å². The van der Waals surface area contributed by atoms with E-state index in [2.05, 4.69) is 5.32 Å². The first kappa shape index (κ1) is 13.4. The Labute approximate surface area is 96.7 Å². The van der Waals surface area contributed by atoms with Crippen molar-refractivity contribution in [2.45, 2.75) is 44.9 Å². The van der Waals surface area contributed by atoms with E-state index in [0.717, 1.165) is 0 Å². The monoisotopic (exact) mass is 230 g/mol. The van der Waals surface area contributed by atoms with E-state index < -0.39 is 5.54 Å². The summed E-state index contributed by atoms with van der Waals surface area (Å²) in [5.41, 5.74) is 4.71. The Balaban J connectivity index is 2.43. The van der Waals surface area contributed by atoms with Gasteiger partial charge in [0.15, 0.2) is 0 Å². The van der Waals surface area contributed by atoms with Crippen LogP contribution < -0.4 is 11.1 Å². The van der Waals surface area contributed by atoms with Gasteiger partial charge in [0.05, 0.1) is 24.9 Å². The predicted octanol–water partition coefficient (Wildman–Crippen LogP) is 0.0339. The van der Waals surface area contributed by atoms with Crippen LogP contribution in [0.1, 0.15) is 27.2 Å². The number of carbonyl (C=O) groups is 1. The average molecular weight is 230 g/mol. The zero-order valence-corrected chi connectivity index (χ0v) is 10.3. The van der Waals surface area contributed by atoms with Gasteiger partial charge in [0.1, 0.15) is 6.10 Å². The lowest BCUT2D eigenvalue weighted by molar-refractivity contribution is -0.156. The zero-order chi connectivity index (χ0) is 12.2. The van der Waals surface area contributed by atoms with Crippen LogP contribution in [0.3, 0.4) is 0 Å². The van der Waals surface area contributed by atoms with Gasteiger partial charge in [-0.25, -0.2) is 0 Å². The summed E-state index contributed by atoms with van der Waals surface area (Å²) >= 11 is 0. The molecule has 5 heteroatoms. The van der Waals surface area contributed by atoms with E-state index in [0.29, 0.717) is 26.2 Å². The van der Waals surface area contributed by atoms with E-state index in [1.165, 1.54) is 0 Å². The van der Waals surface area contributed by atoms with Gasteiger partial charge in [-0.15, -0.1) is 0 Å². The molecule has 1 amide bonds. The Hall–Kier alpha value is -0.650. The van der Waals surface area contributed by atoms with Crippen molar-refractivity contribution in [1.82, 2.24) is 5.32 Å². The van der Waals surface area contributed by atoms with Crippen LogP contribution in [0, 0.1) is 0 Å². The van der Waals surface area contributed by atoms with Gasteiger partial charge in [-0.3, -0.25) is 4.79 Å². The molecule has 0 aromatic heterocycles. The molecule has 1 aliphatic rings. The normalized spacial score (nSPS) is 22.2. The summed E-state index contributed by atoms with van der Waals surface area (Å²) in [6, 6.07) is 0. The smallest absolute Gasteiger partial charge is 0.237 e. The summed E-state index contributed by atoms with van der Waals surface area (Å²) in [6.07, 6.45) is 0.742. The Morgan fingerprint density at radius 1 is 1.69 bits per heavy atom. The fourth-order valence-corrected chi connectivity index (χ4v) is 1.89. The van der Waals surface area contributed by atoms with E-state index in [9.17, 15) is 4.79 Å². The maximum Gasteiger partial charge on any atom is 0.237 e. The van der Waals surface area contributed by atoms with E-state index in [4.69, 9.17) is 15.2 Å². The van der Waals surface area contributed by atoms with Gasteiger partial charge in [0.2, 0.25) is 5.91 Å². The summed E-state index contributed by atoms with van der Waals surface area (Å²) in [7, 11) is 0. The third-order valence-electron chi connectivity index (χ3n) is 2.84. The number of hydrogen-bond donors (Lipinski definition) is 2. The first-order chi connectivity index (χ1) is 7.48. The minimum absolute atomic E-state index is 0.00884. The summed E-state index contributed by atoms with van der Waals surface area (Å²) < 4.78 is 10.7. The molecule has 94 valence electrons. The van der Waals surface area contributed by atoms with Crippen molar-refractivity contribution < 1.29 is 14.3 Å².